The molecule has 0 N–H and O–H groups in total. The fourth-order valence-electron chi connectivity index (χ4n) is 5.61. The van der Waals surface area contributed by atoms with Gasteiger partial charge in [0.2, 0.25) is 11.8 Å². The number of aromatic nitrogens is 1. The van der Waals surface area contributed by atoms with E-state index in [4.69, 9.17) is 14.2 Å². The number of rotatable bonds is 13. The van der Waals surface area contributed by atoms with Gasteiger partial charge in [-0.25, -0.2) is 13.8 Å². The lowest BCUT2D eigenvalue weighted by Crippen LogP contribution is -2.47. The van der Waals surface area contributed by atoms with Gasteiger partial charge in [0.05, 0.1) is 12.8 Å². The molecule has 0 bridgehead atoms. The van der Waals surface area contributed by atoms with Crippen molar-refractivity contribution in [2.24, 2.45) is 0 Å². The van der Waals surface area contributed by atoms with Crippen molar-refractivity contribution in [3.63, 3.8) is 0 Å². The standard InChI is InChI=1S/C41H39F2N3O4.ClH/c1-30-25-38(50-40-17-16-39(27-44-40)49-29-33-3-2-4-36(43)26-33)13-9-34(30)10-18-41(47)46-22-20-45(21-23-46)28-32-7-5-31(6-8-32)19-24-48-37-14-11-35(42)12-15-37;/h2-18,25-27H,19-24,28-29H2,1H3;1H. The van der Waals surface area contributed by atoms with E-state index in [-0.39, 0.29) is 36.6 Å². The van der Waals surface area contributed by atoms with E-state index < -0.39 is 0 Å². The molecule has 1 aromatic heterocycles. The molecule has 0 saturated carbocycles. The van der Waals surface area contributed by atoms with Crippen molar-refractivity contribution in [1.29, 1.82) is 0 Å². The summed E-state index contributed by atoms with van der Waals surface area (Å²) in [5.41, 5.74) is 5.05. The molecule has 0 aliphatic carbocycles. The fourth-order valence-corrected chi connectivity index (χ4v) is 5.61. The Bertz CT molecular complexity index is 1900. The van der Waals surface area contributed by atoms with Crippen molar-refractivity contribution in [2.45, 2.75) is 26.5 Å². The molecule has 264 valence electrons. The third kappa shape index (κ3) is 11.1. The Morgan fingerprint density at radius 1 is 0.765 bits per heavy atom. The molecule has 51 heavy (non-hydrogen) atoms. The van der Waals surface area contributed by atoms with E-state index in [1.807, 2.05) is 36.1 Å². The maximum atomic E-state index is 13.4. The molecule has 1 saturated heterocycles. The molecule has 5 aromatic rings. The smallest absolute Gasteiger partial charge is 0.246 e. The summed E-state index contributed by atoms with van der Waals surface area (Å²) in [5, 5.41) is 0. The summed E-state index contributed by atoms with van der Waals surface area (Å²) in [6.45, 7) is 6.55. The molecule has 10 heteroatoms. The predicted octanol–water partition coefficient (Wildman–Crippen LogP) is 8.44. The Morgan fingerprint density at radius 2 is 1.49 bits per heavy atom. The SMILES string of the molecule is Cc1cc(Oc2ccc(OCc3cccc(F)c3)cn2)ccc1C=CC(=O)N1CCN(Cc2ccc(CCOc3ccc(F)cc3)cc2)CC1.Cl. The van der Waals surface area contributed by atoms with Gasteiger partial charge >= 0.3 is 0 Å². The van der Waals surface area contributed by atoms with Crippen molar-refractivity contribution in [1.82, 2.24) is 14.8 Å². The lowest BCUT2D eigenvalue weighted by Gasteiger charge is -2.34. The maximum Gasteiger partial charge on any atom is 0.246 e. The van der Waals surface area contributed by atoms with Crippen LogP contribution in [0.5, 0.6) is 23.1 Å². The average Bonchev–Trinajstić information content (AvgIpc) is 3.13. The number of nitrogens with zero attached hydrogens (tertiary/aromatic N) is 3. The van der Waals surface area contributed by atoms with Gasteiger partial charge in [-0.15, -0.1) is 12.4 Å². The summed E-state index contributed by atoms with van der Waals surface area (Å²) in [6.07, 6.45) is 5.83. The number of piperazine rings is 1. The molecule has 0 unspecified atom stereocenters. The van der Waals surface area contributed by atoms with Gasteiger partial charge in [-0.05, 0) is 95.4 Å². The molecule has 0 radical (unpaired) electrons. The minimum Gasteiger partial charge on any atom is -0.493 e. The van der Waals surface area contributed by atoms with Crippen LogP contribution in [0.15, 0.2) is 115 Å². The Morgan fingerprint density at radius 3 is 2.20 bits per heavy atom. The Balaban J connectivity index is 0.00000504. The van der Waals surface area contributed by atoms with Crippen LogP contribution in [0.25, 0.3) is 6.08 Å². The van der Waals surface area contributed by atoms with Gasteiger partial charge in [0.25, 0.3) is 0 Å². The summed E-state index contributed by atoms with van der Waals surface area (Å²) in [6, 6.07) is 30.0. The van der Waals surface area contributed by atoms with E-state index >= 15 is 0 Å². The van der Waals surface area contributed by atoms with Crippen molar-refractivity contribution < 1.29 is 27.8 Å². The van der Waals surface area contributed by atoms with Crippen LogP contribution < -0.4 is 14.2 Å². The number of hydrogen-bond donors (Lipinski definition) is 0. The first-order chi connectivity index (χ1) is 24.4. The Hall–Kier alpha value is -5.25. The second-order valence-electron chi connectivity index (χ2n) is 12.2. The molecular weight excluding hydrogens is 672 g/mol. The van der Waals surface area contributed by atoms with Crippen molar-refractivity contribution in [2.75, 3.05) is 32.8 Å². The number of hydrogen-bond acceptors (Lipinski definition) is 6. The van der Waals surface area contributed by atoms with Crippen molar-refractivity contribution >= 4 is 24.4 Å². The fraction of sp³-hybridized carbons (Fsp3) is 0.220. The highest BCUT2D eigenvalue weighted by molar-refractivity contribution is 5.92. The Labute approximate surface area is 303 Å². The highest BCUT2D eigenvalue weighted by Gasteiger charge is 2.19. The van der Waals surface area contributed by atoms with E-state index in [1.165, 1.54) is 35.4 Å². The third-order valence-corrected chi connectivity index (χ3v) is 8.46. The quantitative estimate of drug-likeness (QED) is 0.114. The van der Waals surface area contributed by atoms with Crippen LogP contribution in [0.4, 0.5) is 8.78 Å². The van der Waals surface area contributed by atoms with Crippen LogP contribution in [0.3, 0.4) is 0 Å². The first kappa shape index (κ1) is 37.0. The molecule has 4 aromatic carbocycles. The van der Waals surface area contributed by atoms with Gasteiger partial charge in [0.1, 0.15) is 35.5 Å². The van der Waals surface area contributed by atoms with E-state index in [9.17, 15) is 13.6 Å². The number of ether oxygens (including phenoxy) is 3. The summed E-state index contributed by atoms with van der Waals surface area (Å²) < 4.78 is 43.8. The molecule has 2 heterocycles. The highest BCUT2D eigenvalue weighted by Crippen LogP contribution is 2.25. The highest BCUT2D eigenvalue weighted by atomic mass is 35.5. The molecule has 0 spiro atoms. The van der Waals surface area contributed by atoms with Gasteiger partial charge in [-0.3, -0.25) is 9.69 Å². The van der Waals surface area contributed by atoms with E-state index in [1.54, 1.807) is 48.7 Å². The summed E-state index contributed by atoms with van der Waals surface area (Å²) in [4.78, 5) is 21.6. The normalized spacial score (nSPS) is 13.1. The van der Waals surface area contributed by atoms with Gasteiger partial charge in [-0.2, -0.15) is 0 Å². The monoisotopic (exact) mass is 711 g/mol. The second-order valence-corrected chi connectivity index (χ2v) is 12.2. The minimum absolute atomic E-state index is 0. The van der Waals surface area contributed by atoms with Crippen LogP contribution in [0, 0.1) is 18.6 Å². The summed E-state index contributed by atoms with van der Waals surface area (Å²) >= 11 is 0. The first-order valence-electron chi connectivity index (χ1n) is 16.6. The molecular formula is C41H40ClF2N3O4. The number of aryl methyl sites for hydroxylation is 1. The molecule has 1 amide bonds. The van der Waals surface area contributed by atoms with Crippen LogP contribution >= 0.6 is 12.4 Å². The molecule has 1 fully saturated rings. The molecule has 6 rings (SSSR count). The number of amides is 1. The first-order valence-corrected chi connectivity index (χ1v) is 16.6. The summed E-state index contributed by atoms with van der Waals surface area (Å²) in [7, 11) is 0. The topological polar surface area (TPSA) is 64.1 Å². The molecule has 0 atom stereocenters. The van der Waals surface area contributed by atoms with Crippen molar-refractivity contribution in [3.8, 4) is 23.1 Å². The van der Waals surface area contributed by atoms with Gasteiger partial charge in [0, 0.05) is 51.3 Å². The predicted molar refractivity (Wildman–Crippen MR) is 196 cm³/mol. The van der Waals surface area contributed by atoms with E-state index in [2.05, 4.69) is 34.1 Å². The third-order valence-electron chi connectivity index (χ3n) is 8.46. The zero-order valence-electron chi connectivity index (χ0n) is 28.3. The molecule has 1 aliphatic heterocycles. The maximum absolute atomic E-state index is 13.4. The minimum atomic E-state index is -0.300. The number of pyridine rings is 1. The average molecular weight is 712 g/mol. The van der Waals surface area contributed by atoms with Crippen LogP contribution in [0.2, 0.25) is 0 Å². The number of carbonyl (C=O) groups is 1. The number of carbonyl (C=O) groups excluding carboxylic acids is 1. The number of benzene rings is 4. The largest absolute Gasteiger partial charge is 0.493 e. The van der Waals surface area contributed by atoms with Gasteiger partial charge in [0.15, 0.2) is 0 Å². The van der Waals surface area contributed by atoms with E-state index in [0.29, 0.717) is 42.8 Å². The zero-order valence-corrected chi connectivity index (χ0v) is 29.2. The van der Waals surface area contributed by atoms with E-state index in [0.717, 1.165) is 42.7 Å². The van der Waals surface area contributed by atoms with Crippen LogP contribution in [-0.4, -0.2) is 53.5 Å². The van der Waals surface area contributed by atoms with Gasteiger partial charge in [-0.1, -0.05) is 42.5 Å². The van der Waals surface area contributed by atoms with Crippen LogP contribution in [-0.2, 0) is 24.4 Å². The Kier molecular flexibility index (Phi) is 13.2. The zero-order chi connectivity index (χ0) is 34.7. The molecule has 1 aliphatic rings. The number of halogens is 3. The second kappa shape index (κ2) is 18.1. The summed E-state index contributed by atoms with van der Waals surface area (Å²) in [5.74, 6) is 1.70. The van der Waals surface area contributed by atoms with Crippen molar-refractivity contribution in [3.05, 3.63) is 155 Å². The van der Waals surface area contributed by atoms with Gasteiger partial charge < -0.3 is 19.1 Å². The van der Waals surface area contributed by atoms with Crippen LogP contribution in [0.1, 0.15) is 27.8 Å². The molecule has 7 nitrogen and oxygen atoms in total. The lowest BCUT2D eigenvalue weighted by molar-refractivity contribution is -0.127. The lowest BCUT2D eigenvalue weighted by atomic mass is 10.1.